The van der Waals surface area contributed by atoms with Crippen LogP contribution in [0.2, 0.25) is 0 Å². The molecule has 0 aromatic heterocycles. The summed E-state index contributed by atoms with van der Waals surface area (Å²) in [6, 6.07) is 0. The molecule has 0 atom stereocenters. The van der Waals surface area contributed by atoms with Crippen LogP contribution in [0.5, 0.6) is 0 Å². The molecule has 13 heavy (non-hydrogen) atoms. The van der Waals surface area contributed by atoms with Gasteiger partial charge in [-0.25, -0.2) is 5.43 Å². The Morgan fingerprint density at radius 1 is 1.46 bits per heavy atom. The Morgan fingerprint density at radius 3 is 2.92 bits per heavy atom. The predicted octanol–water partition coefficient (Wildman–Crippen LogP) is 0.594. The lowest BCUT2D eigenvalue weighted by Gasteiger charge is -2.10. The number of hydrogen-bond donors (Lipinski definition) is 1. The Kier molecular flexibility index (Phi) is 3.89. The molecule has 0 aliphatic carbocycles. The van der Waals surface area contributed by atoms with Gasteiger partial charge in [-0.15, -0.1) is 0 Å². The molecular weight excluding hydrogens is 166 g/mol. The number of nitrogens with one attached hydrogen (secondary N) is 1. The van der Waals surface area contributed by atoms with Crippen LogP contribution in [-0.2, 0) is 4.79 Å². The van der Waals surface area contributed by atoms with Crippen molar-refractivity contribution in [1.82, 2.24) is 10.3 Å². The van der Waals surface area contributed by atoms with E-state index in [1.54, 1.807) is 0 Å². The highest BCUT2D eigenvalue weighted by Gasteiger charge is 2.09. The van der Waals surface area contributed by atoms with E-state index in [9.17, 15) is 4.79 Å². The van der Waals surface area contributed by atoms with E-state index in [1.165, 1.54) is 6.92 Å². The fourth-order valence-electron chi connectivity index (χ4n) is 1.38. The van der Waals surface area contributed by atoms with Gasteiger partial charge in [-0.05, 0) is 26.4 Å². The van der Waals surface area contributed by atoms with E-state index in [4.69, 9.17) is 0 Å². The fraction of sp³-hybridized carbons (Fsp3) is 0.778. The molecule has 1 rings (SSSR count). The van der Waals surface area contributed by atoms with Crippen molar-refractivity contribution in [2.75, 3.05) is 20.1 Å². The quantitative estimate of drug-likeness (QED) is 0.605. The van der Waals surface area contributed by atoms with Gasteiger partial charge in [0, 0.05) is 25.6 Å². The third kappa shape index (κ3) is 4.03. The maximum Gasteiger partial charge on any atom is 0.236 e. The van der Waals surface area contributed by atoms with Gasteiger partial charge in [-0.3, -0.25) is 4.79 Å². The molecule has 74 valence electrons. The SMILES string of the molecule is CC(=O)N/N=C1/CCCN(C)CC1. The van der Waals surface area contributed by atoms with Crippen LogP contribution in [-0.4, -0.2) is 36.7 Å². The molecule has 0 unspecified atom stereocenters. The summed E-state index contributed by atoms with van der Waals surface area (Å²) in [4.78, 5) is 12.9. The van der Waals surface area contributed by atoms with E-state index in [0.717, 1.165) is 38.1 Å². The molecule has 0 spiro atoms. The van der Waals surface area contributed by atoms with Gasteiger partial charge in [0.15, 0.2) is 0 Å². The van der Waals surface area contributed by atoms with Crippen molar-refractivity contribution in [2.24, 2.45) is 5.10 Å². The van der Waals surface area contributed by atoms with Crippen LogP contribution in [0.1, 0.15) is 26.2 Å². The Labute approximate surface area is 79.0 Å². The number of carbonyl (C=O) groups excluding carboxylic acids is 1. The summed E-state index contributed by atoms with van der Waals surface area (Å²) in [6.45, 7) is 3.64. The second-order valence-corrected chi connectivity index (χ2v) is 3.50. The number of carbonyl (C=O) groups is 1. The molecule has 0 radical (unpaired) electrons. The van der Waals surface area contributed by atoms with E-state index >= 15 is 0 Å². The normalized spacial score (nSPS) is 22.8. The molecule has 1 fully saturated rings. The Morgan fingerprint density at radius 2 is 2.23 bits per heavy atom. The fourth-order valence-corrected chi connectivity index (χ4v) is 1.38. The predicted molar refractivity (Wildman–Crippen MR) is 52.6 cm³/mol. The summed E-state index contributed by atoms with van der Waals surface area (Å²) < 4.78 is 0. The average molecular weight is 183 g/mol. The highest BCUT2D eigenvalue weighted by Crippen LogP contribution is 2.05. The largest absolute Gasteiger partial charge is 0.306 e. The zero-order chi connectivity index (χ0) is 9.68. The lowest BCUT2D eigenvalue weighted by molar-refractivity contribution is -0.118. The van der Waals surface area contributed by atoms with Crippen LogP contribution in [0.3, 0.4) is 0 Å². The minimum atomic E-state index is -0.0925. The molecule has 1 N–H and O–H groups in total. The van der Waals surface area contributed by atoms with Gasteiger partial charge < -0.3 is 4.90 Å². The number of nitrogens with zero attached hydrogens (tertiary/aromatic N) is 2. The van der Waals surface area contributed by atoms with Gasteiger partial charge in [0.25, 0.3) is 0 Å². The van der Waals surface area contributed by atoms with Crippen LogP contribution in [0.25, 0.3) is 0 Å². The molecule has 0 aromatic carbocycles. The summed E-state index contributed by atoms with van der Waals surface area (Å²) in [5.41, 5.74) is 3.60. The summed E-state index contributed by atoms with van der Waals surface area (Å²) in [5, 5.41) is 4.07. The smallest absolute Gasteiger partial charge is 0.236 e. The molecule has 4 heteroatoms. The Balaban J connectivity index is 2.41. The van der Waals surface area contributed by atoms with Gasteiger partial charge >= 0.3 is 0 Å². The first kappa shape index (κ1) is 10.2. The number of amides is 1. The van der Waals surface area contributed by atoms with E-state index < -0.39 is 0 Å². The van der Waals surface area contributed by atoms with Gasteiger partial charge in [0.05, 0.1) is 0 Å². The molecular formula is C9H17N3O. The van der Waals surface area contributed by atoms with Gasteiger partial charge in [0.2, 0.25) is 5.91 Å². The van der Waals surface area contributed by atoms with Crippen molar-refractivity contribution < 1.29 is 4.79 Å². The van der Waals surface area contributed by atoms with E-state index in [1.807, 2.05) is 0 Å². The number of rotatable bonds is 1. The number of hydrogen-bond acceptors (Lipinski definition) is 3. The van der Waals surface area contributed by atoms with E-state index in [-0.39, 0.29) is 5.91 Å². The summed E-state index contributed by atoms with van der Waals surface area (Å²) in [5.74, 6) is -0.0925. The summed E-state index contributed by atoms with van der Waals surface area (Å²) in [7, 11) is 2.11. The molecule has 1 aliphatic heterocycles. The van der Waals surface area contributed by atoms with Crippen molar-refractivity contribution in [3.63, 3.8) is 0 Å². The van der Waals surface area contributed by atoms with Crippen molar-refractivity contribution in [3.05, 3.63) is 0 Å². The molecule has 1 heterocycles. The summed E-state index contributed by atoms with van der Waals surface area (Å²) in [6.07, 6.45) is 3.11. The van der Waals surface area contributed by atoms with Gasteiger partial charge in [-0.1, -0.05) is 0 Å². The first-order valence-corrected chi connectivity index (χ1v) is 4.69. The van der Waals surface area contributed by atoms with Crippen molar-refractivity contribution in [3.8, 4) is 0 Å². The lowest BCUT2D eigenvalue weighted by Crippen LogP contribution is -2.19. The second-order valence-electron chi connectivity index (χ2n) is 3.50. The zero-order valence-electron chi connectivity index (χ0n) is 8.34. The minimum absolute atomic E-state index is 0.0925. The first-order chi connectivity index (χ1) is 6.18. The highest BCUT2D eigenvalue weighted by atomic mass is 16.2. The molecule has 1 aliphatic rings. The van der Waals surface area contributed by atoms with Crippen LogP contribution in [0, 0.1) is 0 Å². The molecule has 4 nitrogen and oxygen atoms in total. The lowest BCUT2D eigenvalue weighted by atomic mass is 10.2. The van der Waals surface area contributed by atoms with Crippen LogP contribution >= 0.6 is 0 Å². The topological polar surface area (TPSA) is 44.7 Å². The van der Waals surface area contributed by atoms with E-state index in [0.29, 0.717) is 0 Å². The molecule has 0 aromatic rings. The zero-order valence-corrected chi connectivity index (χ0v) is 8.34. The van der Waals surface area contributed by atoms with Crippen molar-refractivity contribution in [2.45, 2.75) is 26.2 Å². The number of hydrazone groups is 1. The molecule has 1 amide bonds. The van der Waals surface area contributed by atoms with Crippen LogP contribution in [0.4, 0.5) is 0 Å². The second kappa shape index (κ2) is 4.97. The van der Waals surface area contributed by atoms with Gasteiger partial charge in [-0.2, -0.15) is 5.10 Å². The third-order valence-electron chi connectivity index (χ3n) is 2.16. The van der Waals surface area contributed by atoms with Crippen LogP contribution < -0.4 is 5.43 Å². The molecule has 1 saturated heterocycles. The van der Waals surface area contributed by atoms with Crippen LogP contribution in [0.15, 0.2) is 5.10 Å². The monoisotopic (exact) mass is 183 g/mol. The number of likely N-dealkylation sites (tertiary alicyclic amines) is 1. The first-order valence-electron chi connectivity index (χ1n) is 4.69. The maximum atomic E-state index is 10.6. The highest BCUT2D eigenvalue weighted by molar-refractivity contribution is 5.86. The molecule has 0 bridgehead atoms. The Hall–Kier alpha value is -0.900. The summed E-state index contributed by atoms with van der Waals surface area (Å²) >= 11 is 0. The maximum absolute atomic E-state index is 10.6. The minimum Gasteiger partial charge on any atom is -0.306 e. The van der Waals surface area contributed by atoms with E-state index in [2.05, 4.69) is 22.5 Å². The molecule has 0 saturated carbocycles. The van der Waals surface area contributed by atoms with Crippen molar-refractivity contribution in [1.29, 1.82) is 0 Å². The Bertz CT molecular complexity index is 213. The average Bonchev–Trinajstić information content (AvgIpc) is 2.27. The third-order valence-corrected chi connectivity index (χ3v) is 2.16. The van der Waals surface area contributed by atoms with Crippen molar-refractivity contribution >= 4 is 11.6 Å². The standard InChI is InChI=1S/C9H17N3O/c1-8(13)10-11-9-4-3-6-12(2)7-5-9/h3-7H2,1-2H3,(H,10,13)/b11-9-. The van der Waals surface area contributed by atoms with Gasteiger partial charge in [0.1, 0.15) is 0 Å².